The van der Waals surface area contributed by atoms with Crippen molar-refractivity contribution in [1.82, 2.24) is 0 Å². The highest BCUT2D eigenvalue weighted by Crippen LogP contribution is 2.53. The molecule has 2 aliphatic rings. The summed E-state index contributed by atoms with van der Waals surface area (Å²) in [6.45, 7) is 14.2. The zero-order chi connectivity index (χ0) is 17.5. The summed E-state index contributed by atoms with van der Waals surface area (Å²) >= 11 is 0. The minimum absolute atomic E-state index is 0.0488. The molecule has 23 heavy (non-hydrogen) atoms. The molecule has 4 heteroatoms. The van der Waals surface area contributed by atoms with Crippen LogP contribution in [0.25, 0.3) is 0 Å². The molecule has 5 atom stereocenters. The molecule has 1 saturated heterocycles. The fourth-order valence-corrected chi connectivity index (χ4v) is 4.41. The number of rotatable bonds is 4. The smallest absolute Gasteiger partial charge is 0.309 e. The zero-order valence-electron chi connectivity index (χ0n) is 15.6. The Morgan fingerprint density at radius 1 is 1.26 bits per heavy atom. The minimum atomic E-state index is -0.492. The molecule has 0 aromatic carbocycles. The first-order chi connectivity index (χ1) is 10.5. The molecule has 4 nitrogen and oxygen atoms in total. The lowest BCUT2D eigenvalue weighted by molar-refractivity contribution is -0.163. The van der Waals surface area contributed by atoms with Crippen LogP contribution in [0.1, 0.15) is 61.3 Å². The van der Waals surface area contributed by atoms with Crippen LogP contribution in [0.15, 0.2) is 0 Å². The van der Waals surface area contributed by atoms with E-state index in [1.54, 1.807) is 0 Å². The van der Waals surface area contributed by atoms with Crippen molar-refractivity contribution in [2.24, 2.45) is 35.5 Å². The number of ether oxygens (including phenoxy) is 2. The number of hydrogen-bond donors (Lipinski definition) is 0. The fraction of sp³-hybridized carbons (Fsp3) is 0.895. The summed E-state index contributed by atoms with van der Waals surface area (Å²) in [5.74, 6) is 0.522. The van der Waals surface area contributed by atoms with E-state index in [-0.39, 0.29) is 41.7 Å². The Hall–Kier alpha value is -1.06. The molecule has 0 N–H and O–H groups in total. The molecule has 2 rings (SSSR count). The van der Waals surface area contributed by atoms with Gasteiger partial charge >= 0.3 is 11.9 Å². The fourth-order valence-electron chi connectivity index (χ4n) is 4.41. The summed E-state index contributed by atoms with van der Waals surface area (Å²) in [7, 11) is 0. The van der Waals surface area contributed by atoms with Gasteiger partial charge in [-0.1, -0.05) is 27.7 Å². The number of fused-ring (bicyclic) bond motifs is 1. The maximum Gasteiger partial charge on any atom is 0.309 e. The van der Waals surface area contributed by atoms with Gasteiger partial charge in [0.05, 0.1) is 11.8 Å². The van der Waals surface area contributed by atoms with Gasteiger partial charge in [0.1, 0.15) is 11.7 Å². The summed E-state index contributed by atoms with van der Waals surface area (Å²) in [6, 6.07) is 0. The molecular formula is C19H32O4. The predicted octanol–water partition coefficient (Wildman–Crippen LogP) is 3.82. The van der Waals surface area contributed by atoms with E-state index in [0.717, 1.165) is 6.42 Å². The normalized spacial score (nSPS) is 34.0. The Morgan fingerprint density at radius 3 is 2.35 bits per heavy atom. The van der Waals surface area contributed by atoms with Crippen LogP contribution < -0.4 is 0 Å². The summed E-state index contributed by atoms with van der Waals surface area (Å²) in [6.07, 6.45) is 1.40. The largest absolute Gasteiger partial charge is 0.462 e. The van der Waals surface area contributed by atoms with Gasteiger partial charge in [0, 0.05) is 5.92 Å². The molecule has 1 saturated carbocycles. The molecule has 0 aromatic rings. The Bertz CT molecular complexity index is 460. The maximum absolute atomic E-state index is 12.7. The van der Waals surface area contributed by atoms with Crippen LogP contribution in [-0.4, -0.2) is 23.6 Å². The van der Waals surface area contributed by atoms with Gasteiger partial charge in [-0.25, -0.2) is 0 Å². The maximum atomic E-state index is 12.7. The Balaban J connectivity index is 2.24. The molecule has 1 aliphatic heterocycles. The average molecular weight is 324 g/mol. The minimum Gasteiger partial charge on any atom is -0.462 e. The zero-order valence-corrected chi connectivity index (χ0v) is 15.6. The van der Waals surface area contributed by atoms with Gasteiger partial charge in [-0.15, -0.1) is 0 Å². The highest BCUT2D eigenvalue weighted by atomic mass is 16.6. The number of carbonyl (C=O) groups excluding carboxylic acids is 2. The van der Waals surface area contributed by atoms with Gasteiger partial charge in [-0.3, -0.25) is 9.59 Å². The van der Waals surface area contributed by atoms with E-state index in [1.807, 2.05) is 20.8 Å². The molecule has 0 radical (unpaired) electrons. The summed E-state index contributed by atoms with van der Waals surface area (Å²) < 4.78 is 11.3. The van der Waals surface area contributed by atoms with Crippen LogP contribution in [0.5, 0.6) is 0 Å². The second-order valence-corrected chi connectivity index (χ2v) is 8.99. The van der Waals surface area contributed by atoms with E-state index in [9.17, 15) is 9.59 Å². The van der Waals surface area contributed by atoms with Crippen LogP contribution in [-0.2, 0) is 19.1 Å². The Morgan fingerprint density at radius 2 is 1.87 bits per heavy atom. The molecule has 0 unspecified atom stereocenters. The number of cyclic esters (lactones) is 1. The van der Waals surface area contributed by atoms with Gasteiger partial charge in [-0.2, -0.15) is 0 Å². The van der Waals surface area contributed by atoms with E-state index in [1.165, 1.54) is 0 Å². The van der Waals surface area contributed by atoms with Crippen molar-refractivity contribution >= 4 is 11.9 Å². The van der Waals surface area contributed by atoms with Crippen molar-refractivity contribution < 1.29 is 19.1 Å². The van der Waals surface area contributed by atoms with E-state index in [4.69, 9.17) is 9.47 Å². The third-order valence-electron chi connectivity index (χ3n) is 5.06. The van der Waals surface area contributed by atoms with Crippen LogP contribution >= 0.6 is 0 Å². The lowest BCUT2D eigenvalue weighted by Gasteiger charge is -2.31. The summed E-state index contributed by atoms with van der Waals surface area (Å²) in [5, 5.41) is 0. The highest BCUT2D eigenvalue weighted by Gasteiger charge is 2.58. The van der Waals surface area contributed by atoms with Crippen LogP contribution in [0.4, 0.5) is 0 Å². The number of esters is 2. The van der Waals surface area contributed by atoms with E-state index < -0.39 is 5.60 Å². The Labute approximate surface area is 140 Å². The first kappa shape index (κ1) is 18.3. The van der Waals surface area contributed by atoms with Crippen LogP contribution in [0.2, 0.25) is 0 Å². The predicted molar refractivity (Wildman–Crippen MR) is 88.6 cm³/mol. The summed E-state index contributed by atoms with van der Waals surface area (Å²) in [4.78, 5) is 25.0. The first-order valence-electron chi connectivity index (χ1n) is 8.94. The molecular weight excluding hydrogens is 292 g/mol. The summed E-state index contributed by atoms with van der Waals surface area (Å²) in [5.41, 5.74) is -0.492. The molecule has 1 heterocycles. The molecule has 0 bridgehead atoms. The SMILES string of the molecule is CC(C)C[C@H]1OC(=O)[C@H]2C[C@H](C(=O)OC(C)(C)C)[C@H](C(C)C)[C@H]21. The van der Waals surface area contributed by atoms with Crippen molar-refractivity contribution in [1.29, 1.82) is 0 Å². The third kappa shape index (κ3) is 3.89. The second kappa shape index (κ2) is 6.45. The van der Waals surface area contributed by atoms with Crippen molar-refractivity contribution in [3.8, 4) is 0 Å². The van der Waals surface area contributed by atoms with Gasteiger partial charge in [0.15, 0.2) is 0 Å². The molecule has 1 aliphatic carbocycles. The van der Waals surface area contributed by atoms with Gasteiger partial charge < -0.3 is 9.47 Å². The standard InChI is InChI=1S/C19H32O4/c1-10(2)8-14-16-13(17(20)22-14)9-12(15(16)11(3)4)18(21)23-19(5,6)7/h10-16H,8-9H2,1-7H3/t12-,13-,14+,15-,16+/m0/s1. The Kier molecular flexibility index (Phi) is 5.12. The molecule has 0 aromatic heterocycles. The van der Waals surface area contributed by atoms with Crippen molar-refractivity contribution in [3.63, 3.8) is 0 Å². The number of carbonyl (C=O) groups is 2. The first-order valence-corrected chi connectivity index (χ1v) is 8.94. The lowest BCUT2D eigenvalue weighted by atomic mass is 9.76. The quantitative estimate of drug-likeness (QED) is 0.738. The third-order valence-corrected chi connectivity index (χ3v) is 5.06. The van der Waals surface area contributed by atoms with Crippen molar-refractivity contribution in [3.05, 3.63) is 0 Å². The topological polar surface area (TPSA) is 52.6 Å². The van der Waals surface area contributed by atoms with Crippen molar-refractivity contribution in [2.45, 2.75) is 73.0 Å². The monoisotopic (exact) mass is 324 g/mol. The number of hydrogen-bond acceptors (Lipinski definition) is 4. The van der Waals surface area contributed by atoms with E-state index in [0.29, 0.717) is 18.3 Å². The lowest BCUT2D eigenvalue weighted by Crippen LogP contribution is -2.36. The van der Waals surface area contributed by atoms with Gasteiger partial charge in [0.25, 0.3) is 0 Å². The van der Waals surface area contributed by atoms with E-state index >= 15 is 0 Å². The molecule has 2 fully saturated rings. The molecule has 132 valence electrons. The second-order valence-electron chi connectivity index (χ2n) is 8.99. The van der Waals surface area contributed by atoms with Crippen LogP contribution in [0.3, 0.4) is 0 Å². The molecule has 0 spiro atoms. The average Bonchev–Trinajstić information content (AvgIpc) is 2.86. The van der Waals surface area contributed by atoms with Crippen molar-refractivity contribution in [2.75, 3.05) is 0 Å². The van der Waals surface area contributed by atoms with Gasteiger partial charge in [-0.05, 0) is 51.4 Å². The van der Waals surface area contributed by atoms with E-state index in [2.05, 4.69) is 27.7 Å². The highest BCUT2D eigenvalue weighted by molar-refractivity contribution is 5.80. The van der Waals surface area contributed by atoms with Crippen LogP contribution in [0, 0.1) is 35.5 Å². The molecule has 0 amide bonds. The van der Waals surface area contributed by atoms with Gasteiger partial charge in [0.2, 0.25) is 0 Å².